The van der Waals surface area contributed by atoms with Crippen LogP contribution in [0.4, 0.5) is 4.39 Å². The smallest absolute Gasteiger partial charge is 0.205 e. The number of rotatable bonds is 7. The van der Waals surface area contributed by atoms with Gasteiger partial charge in [0.15, 0.2) is 0 Å². The number of hydrogen-bond donors (Lipinski definition) is 2. The Morgan fingerprint density at radius 1 is 1.19 bits per heavy atom. The third kappa shape index (κ3) is 4.55. The number of nitrogens with one attached hydrogen (secondary N) is 2. The second-order valence-electron chi connectivity index (χ2n) is 10.2. The molecule has 2 N–H and O–H groups in total. The summed E-state index contributed by atoms with van der Waals surface area (Å²) in [5.74, 6) is 2.67. The highest BCUT2D eigenvalue weighted by atomic mass is 35.5. The average Bonchev–Trinajstić information content (AvgIpc) is 3.09. The quantitative estimate of drug-likeness (QED) is 0.314. The Morgan fingerprint density at radius 2 is 2.00 bits per heavy atom. The summed E-state index contributed by atoms with van der Waals surface area (Å²) in [5.41, 5.74) is 0.783. The maximum Gasteiger partial charge on any atom is 0.205 e. The summed E-state index contributed by atoms with van der Waals surface area (Å²) in [6.45, 7) is 4.21. The molecule has 170 valence electrons. The van der Waals surface area contributed by atoms with Gasteiger partial charge in [-0.15, -0.1) is 0 Å². The van der Waals surface area contributed by atoms with Crippen LogP contribution in [0.1, 0.15) is 37.7 Å². The zero-order valence-electron chi connectivity index (χ0n) is 18.3. The molecule has 1 aromatic carbocycles. The molecule has 2 saturated carbocycles. The van der Waals surface area contributed by atoms with E-state index in [1.165, 1.54) is 82.1 Å². The first-order chi connectivity index (χ1) is 15.4. The van der Waals surface area contributed by atoms with E-state index in [-0.39, 0.29) is 11.6 Å². The summed E-state index contributed by atoms with van der Waals surface area (Å²) in [5, 5.41) is 16.4. The van der Waals surface area contributed by atoms with Gasteiger partial charge in [-0.2, -0.15) is 0 Å². The molecule has 2 bridgehead atoms. The SMILES string of the molecule is N=C(/C=C\C(=N)c1cc(F)ccc1Cl)OCC1CC12CCN(CC1CC3C=CC1C3)CC2. The van der Waals surface area contributed by atoms with Crippen LogP contribution in [0.15, 0.2) is 42.5 Å². The fourth-order valence-corrected chi connectivity index (χ4v) is 6.31. The molecule has 4 unspecified atom stereocenters. The Hall–Kier alpha value is -1.98. The first-order valence-electron chi connectivity index (χ1n) is 11.8. The van der Waals surface area contributed by atoms with Crippen molar-refractivity contribution in [1.82, 2.24) is 4.90 Å². The topological polar surface area (TPSA) is 60.2 Å². The summed E-state index contributed by atoms with van der Waals surface area (Å²) in [7, 11) is 0. The van der Waals surface area contributed by atoms with E-state index in [2.05, 4.69) is 17.1 Å². The number of halogens is 2. The molecule has 0 radical (unpaired) electrons. The Morgan fingerprint density at radius 3 is 2.72 bits per heavy atom. The van der Waals surface area contributed by atoms with Crippen molar-refractivity contribution in [1.29, 1.82) is 10.8 Å². The van der Waals surface area contributed by atoms with Crippen LogP contribution in [0.5, 0.6) is 0 Å². The summed E-state index contributed by atoms with van der Waals surface area (Å²) >= 11 is 6.04. The largest absolute Gasteiger partial charge is 0.478 e. The zero-order valence-corrected chi connectivity index (χ0v) is 19.1. The fraction of sp³-hybridized carbons (Fsp3) is 0.538. The molecule has 1 saturated heterocycles. The van der Waals surface area contributed by atoms with Crippen LogP contribution in [0.2, 0.25) is 5.02 Å². The second-order valence-corrected chi connectivity index (χ2v) is 10.6. The number of likely N-dealkylation sites (tertiary alicyclic amines) is 1. The first kappa shape index (κ1) is 21.8. The van der Waals surface area contributed by atoms with Crippen LogP contribution in [-0.2, 0) is 4.74 Å². The summed E-state index contributed by atoms with van der Waals surface area (Å²) < 4.78 is 19.1. The molecule has 1 aliphatic heterocycles. The van der Waals surface area contributed by atoms with Crippen molar-refractivity contribution >= 4 is 23.2 Å². The molecular formula is C26H31ClFN3O. The molecule has 3 fully saturated rings. The minimum absolute atomic E-state index is 0.0334. The van der Waals surface area contributed by atoms with Crippen LogP contribution >= 0.6 is 11.6 Å². The van der Waals surface area contributed by atoms with Crippen molar-refractivity contribution in [2.24, 2.45) is 29.1 Å². The van der Waals surface area contributed by atoms with Gasteiger partial charge in [0.1, 0.15) is 5.82 Å². The molecule has 5 rings (SSSR count). The lowest BCUT2D eigenvalue weighted by atomic mass is 9.88. The van der Waals surface area contributed by atoms with E-state index in [4.69, 9.17) is 27.2 Å². The number of piperidine rings is 1. The van der Waals surface area contributed by atoms with Crippen LogP contribution < -0.4 is 0 Å². The summed E-state index contributed by atoms with van der Waals surface area (Å²) in [6.07, 6.45) is 14.2. The van der Waals surface area contributed by atoms with Gasteiger partial charge in [0, 0.05) is 18.2 Å². The Bertz CT molecular complexity index is 966. The van der Waals surface area contributed by atoms with Gasteiger partial charge < -0.3 is 15.0 Å². The lowest BCUT2D eigenvalue weighted by Gasteiger charge is -2.35. The molecule has 32 heavy (non-hydrogen) atoms. The van der Waals surface area contributed by atoms with Gasteiger partial charge in [-0.3, -0.25) is 5.41 Å². The minimum atomic E-state index is -0.439. The number of allylic oxidation sites excluding steroid dienone is 3. The van der Waals surface area contributed by atoms with Gasteiger partial charge >= 0.3 is 0 Å². The van der Waals surface area contributed by atoms with Gasteiger partial charge in [-0.05, 0) is 98.6 Å². The van der Waals surface area contributed by atoms with Crippen LogP contribution in [0.3, 0.4) is 0 Å². The van der Waals surface area contributed by atoms with Crippen LogP contribution in [-0.4, -0.2) is 42.8 Å². The van der Waals surface area contributed by atoms with E-state index in [1.807, 2.05) is 0 Å². The monoisotopic (exact) mass is 455 g/mol. The molecule has 0 aromatic heterocycles. The van der Waals surface area contributed by atoms with Crippen molar-refractivity contribution in [2.45, 2.75) is 32.1 Å². The Kier molecular flexibility index (Phi) is 5.98. The predicted octanol–water partition coefficient (Wildman–Crippen LogP) is 5.71. The third-order valence-corrected chi connectivity index (χ3v) is 8.51. The third-order valence-electron chi connectivity index (χ3n) is 8.18. The molecule has 3 aliphatic carbocycles. The first-order valence-corrected chi connectivity index (χ1v) is 12.1. The van der Waals surface area contributed by atoms with E-state index >= 15 is 0 Å². The van der Waals surface area contributed by atoms with E-state index in [0.717, 1.165) is 17.8 Å². The van der Waals surface area contributed by atoms with Crippen molar-refractivity contribution < 1.29 is 9.13 Å². The number of ether oxygens (including phenoxy) is 1. The lowest BCUT2D eigenvalue weighted by molar-refractivity contribution is 0.127. The molecule has 4 aliphatic rings. The van der Waals surface area contributed by atoms with Crippen LogP contribution in [0, 0.1) is 45.7 Å². The Labute approximate surface area is 194 Å². The van der Waals surface area contributed by atoms with Crippen molar-refractivity contribution in [3.63, 3.8) is 0 Å². The maximum absolute atomic E-state index is 13.4. The Balaban J connectivity index is 1.04. The number of fused-ring (bicyclic) bond motifs is 2. The highest BCUT2D eigenvalue weighted by Crippen LogP contribution is 2.59. The van der Waals surface area contributed by atoms with Gasteiger partial charge in [0.05, 0.1) is 17.3 Å². The minimum Gasteiger partial charge on any atom is -0.478 e. The normalized spacial score (nSPS) is 30.3. The molecule has 1 heterocycles. The van der Waals surface area contributed by atoms with Gasteiger partial charge in [-0.1, -0.05) is 23.8 Å². The number of hydrogen-bond acceptors (Lipinski definition) is 4. The predicted molar refractivity (Wildman–Crippen MR) is 126 cm³/mol. The molecule has 4 atom stereocenters. The molecule has 1 aromatic rings. The van der Waals surface area contributed by atoms with E-state index in [9.17, 15) is 4.39 Å². The molecule has 0 amide bonds. The lowest BCUT2D eigenvalue weighted by Crippen LogP contribution is -2.39. The summed E-state index contributed by atoms with van der Waals surface area (Å²) in [4.78, 5) is 2.68. The highest BCUT2D eigenvalue weighted by Gasteiger charge is 2.55. The molecule has 4 nitrogen and oxygen atoms in total. The fourth-order valence-electron chi connectivity index (χ4n) is 6.09. The van der Waals surface area contributed by atoms with Gasteiger partial charge in [0.25, 0.3) is 0 Å². The number of nitrogens with zero attached hydrogens (tertiary/aromatic N) is 1. The van der Waals surface area contributed by atoms with Crippen molar-refractivity contribution in [3.05, 3.63) is 58.9 Å². The summed E-state index contributed by atoms with van der Waals surface area (Å²) in [6, 6.07) is 3.93. The second kappa shape index (κ2) is 8.75. The standard InChI is InChI=1S/C26H31ClFN3O/c27-23-4-3-21(28)13-22(23)24(29)5-6-25(30)32-16-20-14-26(20)7-9-31(10-8-26)15-19-12-17-1-2-18(19)11-17/h1-6,13,17-20,29-30H,7-12,14-16H2/b6-5-,29-24?,30-25?. The highest BCUT2D eigenvalue weighted by molar-refractivity contribution is 6.34. The number of benzene rings is 1. The zero-order chi connectivity index (χ0) is 22.3. The van der Waals surface area contributed by atoms with Crippen LogP contribution in [0.25, 0.3) is 0 Å². The van der Waals surface area contributed by atoms with Crippen molar-refractivity contribution in [2.75, 3.05) is 26.2 Å². The van der Waals surface area contributed by atoms with E-state index in [0.29, 0.717) is 28.5 Å². The molecule has 1 spiro atoms. The maximum atomic E-state index is 13.4. The molecule has 6 heteroatoms. The average molecular weight is 456 g/mol. The van der Waals surface area contributed by atoms with Gasteiger partial charge in [0.2, 0.25) is 5.90 Å². The van der Waals surface area contributed by atoms with E-state index in [1.54, 1.807) is 0 Å². The van der Waals surface area contributed by atoms with Gasteiger partial charge in [-0.25, -0.2) is 4.39 Å². The van der Waals surface area contributed by atoms with E-state index < -0.39 is 5.82 Å². The van der Waals surface area contributed by atoms with Crippen molar-refractivity contribution in [3.8, 4) is 0 Å². The molecular weight excluding hydrogens is 425 g/mol.